The van der Waals surface area contributed by atoms with E-state index >= 15 is 0 Å². The van der Waals surface area contributed by atoms with Crippen molar-refractivity contribution in [2.75, 3.05) is 19.6 Å². The number of carbonyl (C=O) groups excluding carboxylic acids is 1. The maximum Gasteiger partial charge on any atom is 0.247 e. The summed E-state index contributed by atoms with van der Waals surface area (Å²) in [5.41, 5.74) is 2.91. The minimum atomic E-state index is -0.332. The Labute approximate surface area is 171 Å². The van der Waals surface area contributed by atoms with Crippen molar-refractivity contribution in [2.24, 2.45) is 0 Å². The number of aromatic nitrogens is 2. The lowest BCUT2D eigenvalue weighted by Crippen LogP contribution is -2.50. The smallest absolute Gasteiger partial charge is 0.247 e. The number of rotatable bonds is 3. The first-order chi connectivity index (χ1) is 11.5. The Bertz CT molecular complexity index is 750. The molecular weight excluding hydrogens is 395 g/mol. The summed E-state index contributed by atoms with van der Waals surface area (Å²) >= 11 is 6.37. The van der Waals surface area contributed by atoms with Crippen LogP contribution in [-0.4, -0.2) is 40.2 Å². The molecule has 2 aromatic rings. The molecule has 1 saturated heterocycles. The molecule has 2 unspecified atom stereocenters. The van der Waals surface area contributed by atoms with E-state index in [4.69, 9.17) is 11.6 Å². The Hall–Kier alpha value is -1.27. The fraction of sp³-hybridized carbons (Fsp3) is 0.444. The maximum absolute atomic E-state index is 13.1. The fourth-order valence-corrected chi connectivity index (χ4v) is 3.64. The third kappa shape index (κ3) is 4.52. The molecule has 2 atom stereocenters. The lowest BCUT2D eigenvalue weighted by Gasteiger charge is -2.38. The van der Waals surface area contributed by atoms with Gasteiger partial charge in [0.2, 0.25) is 5.91 Å². The van der Waals surface area contributed by atoms with E-state index in [-0.39, 0.29) is 42.8 Å². The zero-order chi connectivity index (χ0) is 17.3. The van der Waals surface area contributed by atoms with Crippen molar-refractivity contribution < 1.29 is 4.79 Å². The van der Waals surface area contributed by atoms with Crippen LogP contribution in [0.5, 0.6) is 0 Å². The van der Waals surface area contributed by atoms with Gasteiger partial charge in [-0.15, -0.1) is 24.8 Å². The molecule has 2 heterocycles. The highest BCUT2D eigenvalue weighted by molar-refractivity contribution is 6.31. The predicted octanol–water partition coefficient (Wildman–Crippen LogP) is 3.73. The monoisotopic (exact) mass is 418 g/mol. The predicted molar refractivity (Wildman–Crippen MR) is 110 cm³/mol. The lowest BCUT2D eigenvalue weighted by molar-refractivity contribution is -0.138. The summed E-state index contributed by atoms with van der Waals surface area (Å²) in [4.78, 5) is 15.1. The van der Waals surface area contributed by atoms with Crippen LogP contribution in [-0.2, 0) is 4.79 Å². The largest absolute Gasteiger partial charge is 0.331 e. The normalized spacial score (nSPS) is 17.8. The van der Waals surface area contributed by atoms with Crippen LogP contribution >= 0.6 is 36.4 Å². The summed E-state index contributed by atoms with van der Waals surface area (Å²) in [6, 6.07) is 9.34. The zero-order valence-corrected chi connectivity index (χ0v) is 17.5. The van der Waals surface area contributed by atoms with E-state index in [2.05, 4.69) is 10.4 Å². The molecule has 1 aromatic heterocycles. The molecule has 1 fully saturated rings. The topological polar surface area (TPSA) is 50.2 Å². The minimum absolute atomic E-state index is 0. The van der Waals surface area contributed by atoms with Gasteiger partial charge < -0.3 is 10.2 Å². The van der Waals surface area contributed by atoms with Crippen molar-refractivity contribution in [3.8, 4) is 0 Å². The molecule has 8 heteroatoms. The van der Waals surface area contributed by atoms with Crippen LogP contribution in [0.1, 0.15) is 36.0 Å². The van der Waals surface area contributed by atoms with Gasteiger partial charge in [-0.05, 0) is 38.5 Å². The summed E-state index contributed by atoms with van der Waals surface area (Å²) in [5, 5.41) is 8.53. The molecule has 0 bridgehead atoms. The Morgan fingerprint density at radius 2 is 2.00 bits per heavy atom. The van der Waals surface area contributed by atoms with E-state index < -0.39 is 0 Å². The summed E-state index contributed by atoms with van der Waals surface area (Å²) in [5.74, 6) is 0.0765. The van der Waals surface area contributed by atoms with E-state index in [1.165, 1.54) is 0 Å². The van der Waals surface area contributed by atoms with E-state index in [1.807, 2.05) is 60.7 Å². The Balaban J connectivity index is 0.00000169. The van der Waals surface area contributed by atoms with Crippen molar-refractivity contribution >= 4 is 42.3 Å². The van der Waals surface area contributed by atoms with Gasteiger partial charge in [0.15, 0.2) is 0 Å². The molecule has 0 saturated carbocycles. The zero-order valence-electron chi connectivity index (χ0n) is 15.1. The van der Waals surface area contributed by atoms with Crippen LogP contribution in [0.15, 0.2) is 30.3 Å². The Morgan fingerprint density at radius 3 is 2.62 bits per heavy atom. The van der Waals surface area contributed by atoms with Crippen molar-refractivity contribution in [3.63, 3.8) is 0 Å². The number of carbonyl (C=O) groups is 1. The van der Waals surface area contributed by atoms with Gasteiger partial charge in [-0.3, -0.25) is 9.48 Å². The highest BCUT2D eigenvalue weighted by atomic mass is 35.5. The van der Waals surface area contributed by atoms with Gasteiger partial charge in [0.05, 0.1) is 11.7 Å². The van der Waals surface area contributed by atoms with Gasteiger partial charge in [0.25, 0.3) is 0 Å². The second kappa shape index (κ2) is 9.60. The highest BCUT2D eigenvalue weighted by Gasteiger charge is 2.32. The summed E-state index contributed by atoms with van der Waals surface area (Å²) in [6.07, 6.45) is 0. The van der Waals surface area contributed by atoms with Gasteiger partial charge in [0, 0.05) is 30.4 Å². The molecule has 26 heavy (non-hydrogen) atoms. The molecule has 144 valence electrons. The molecule has 0 radical (unpaired) electrons. The van der Waals surface area contributed by atoms with Crippen LogP contribution in [0.4, 0.5) is 0 Å². The first-order valence-electron chi connectivity index (χ1n) is 8.27. The number of aryl methyl sites for hydroxylation is 2. The summed E-state index contributed by atoms with van der Waals surface area (Å²) in [6.45, 7) is 7.99. The van der Waals surface area contributed by atoms with Gasteiger partial charge in [-0.25, -0.2) is 0 Å². The minimum Gasteiger partial charge on any atom is -0.331 e. The molecule has 1 aliphatic rings. The van der Waals surface area contributed by atoms with Crippen LogP contribution in [0.2, 0.25) is 5.02 Å². The SMILES string of the molecule is Cc1cc(C)n(C(C)C(=O)N2CCNCC2c2ccccc2Cl)n1.Cl.Cl. The molecule has 1 aromatic carbocycles. The molecule has 0 aliphatic carbocycles. The number of piperazine rings is 1. The standard InChI is InChI=1S/C18H23ClN4O.2ClH/c1-12-10-13(2)23(21-12)14(3)18(24)22-9-8-20-11-17(22)15-6-4-5-7-16(15)19;;/h4-7,10,14,17,20H,8-9,11H2,1-3H3;2*1H. The average molecular weight is 420 g/mol. The first-order valence-corrected chi connectivity index (χ1v) is 8.65. The van der Waals surface area contributed by atoms with Gasteiger partial charge in [-0.1, -0.05) is 29.8 Å². The van der Waals surface area contributed by atoms with E-state index in [9.17, 15) is 4.79 Å². The van der Waals surface area contributed by atoms with Gasteiger partial charge in [-0.2, -0.15) is 5.10 Å². The number of halogens is 3. The number of benzene rings is 1. The second-order valence-electron chi connectivity index (χ2n) is 6.32. The van der Waals surface area contributed by atoms with Crippen LogP contribution < -0.4 is 5.32 Å². The Kier molecular flexibility index (Phi) is 8.41. The van der Waals surface area contributed by atoms with E-state index in [0.717, 1.165) is 23.5 Å². The van der Waals surface area contributed by atoms with E-state index in [0.29, 0.717) is 18.1 Å². The first kappa shape index (κ1) is 22.8. The quantitative estimate of drug-likeness (QED) is 0.824. The van der Waals surface area contributed by atoms with Gasteiger partial charge in [0.1, 0.15) is 6.04 Å². The van der Waals surface area contributed by atoms with Crippen molar-refractivity contribution in [2.45, 2.75) is 32.9 Å². The van der Waals surface area contributed by atoms with Gasteiger partial charge >= 0.3 is 0 Å². The average Bonchev–Trinajstić information content (AvgIpc) is 2.92. The number of hydrogen-bond donors (Lipinski definition) is 1. The molecule has 3 rings (SSSR count). The van der Waals surface area contributed by atoms with E-state index in [1.54, 1.807) is 0 Å². The van der Waals surface area contributed by atoms with Crippen molar-refractivity contribution in [1.82, 2.24) is 20.0 Å². The molecule has 0 spiro atoms. The maximum atomic E-state index is 13.1. The third-order valence-electron chi connectivity index (χ3n) is 4.56. The van der Waals surface area contributed by atoms with Crippen LogP contribution in [0.3, 0.4) is 0 Å². The Morgan fingerprint density at radius 1 is 1.31 bits per heavy atom. The molecule has 1 aliphatic heterocycles. The number of nitrogens with zero attached hydrogens (tertiary/aromatic N) is 3. The molecular formula is C18H25Cl3N4O. The summed E-state index contributed by atoms with van der Waals surface area (Å²) in [7, 11) is 0. The third-order valence-corrected chi connectivity index (χ3v) is 4.90. The number of hydrogen-bond acceptors (Lipinski definition) is 3. The number of amides is 1. The molecule has 5 nitrogen and oxygen atoms in total. The van der Waals surface area contributed by atoms with Crippen molar-refractivity contribution in [3.05, 3.63) is 52.3 Å². The van der Waals surface area contributed by atoms with Crippen molar-refractivity contribution in [1.29, 1.82) is 0 Å². The van der Waals surface area contributed by atoms with Crippen LogP contribution in [0, 0.1) is 13.8 Å². The summed E-state index contributed by atoms with van der Waals surface area (Å²) < 4.78 is 1.81. The molecule has 1 amide bonds. The molecule has 1 N–H and O–H groups in total. The lowest BCUT2D eigenvalue weighted by atomic mass is 10.0. The number of nitrogens with one attached hydrogen (secondary N) is 1. The fourth-order valence-electron chi connectivity index (χ4n) is 3.37. The van der Waals surface area contributed by atoms with Crippen LogP contribution in [0.25, 0.3) is 0 Å². The second-order valence-corrected chi connectivity index (χ2v) is 6.73. The highest BCUT2D eigenvalue weighted by Crippen LogP contribution is 2.30.